The number of anilines is 2. The number of amides is 2. The summed E-state index contributed by atoms with van der Waals surface area (Å²) in [5, 5.41) is 3.09. The fourth-order valence-electron chi connectivity index (χ4n) is 3.48. The third-order valence-electron chi connectivity index (χ3n) is 5.31. The van der Waals surface area contributed by atoms with Crippen molar-refractivity contribution in [3.05, 3.63) is 94.9 Å². The van der Waals surface area contributed by atoms with Crippen molar-refractivity contribution < 1.29 is 18.7 Å². The zero-order chi connectivity index (χ0) is 22.1. The van der Waals surface area contributed by atoms with Crippen molar-refractivity contribution in [3.63, 3.8) is 0 Å². The van der Waals surface area contributed by atoms with Crippen molar-refractivity contribution in [1.29, 1.82) is 0 Å². The molecule has 0 bridgehead atoms. The van der Waals surface area contributed by atoms with E-state index in [0.29, 0.717) is 17.0 Å². The number of aryl methyl sites for hydroxylation is 2. The van der Waals surface area contributed by atoms with E-state index in [2.05, 4.69) is 5.32 Å². The van der Waals surface area contributed by atoms with Crippen LogP contribution in [-0.4, -0.2) is 18.9 Å². The highest BCUT2D eigenvalue weighted by molar-refractivity contribution is 6.46. The zero-order valence-electron chi connectivity index (χ0n) is 17.4. The lowest BCUT2D eigenvalue weighted by Crippen LogP contribution is -2.32. The molecule has 1 aliphatic rings. The number of nitrogens with zero attached hydrogens (tertiary/aromatic N) is 1. The molecular formula is C25H21FN2O3. The highest BCUT2D eigenvalue weighted by Crippen LogP contribution is 2.34. The Morgan fingerprint density at radius 1 is 0.871 bits per heavy atom. The molecule has 2 amide bonds. The van der Waals surface area contributed by atoms with Crippen LogP contribution >= 0.6 is 0 Å². The van der Waals surface area contributed by atoms with Crippen LogP contribution in [0.25, 0.3) is 5.57 Å². The maximum absolute atomic E-state index is 13.8. The summed E-state index contributed by atoms with van der Waals surface area (Å²) < 4.78 is 19.0. The third-order valence-corrected chi connectivity index (χ3v) is 5.31. The summed E-state index contributed by atoms with van der Waals surface area (Å²) in [4.78, 5) is 27.7. The highest BCUT2D eigenvalue weighted by Gasteiger charge is 2.40. The summed E-state index contributed by atoms with van der Waals surface area (Å²) in [5.41, 5.74) is 3.89. The quantitative estimate of drug-likeness (QED) is 0.604. The maximum Gasteiger partial charge on any atom is 0.282 e. The van der Waals surface area contributed by atoms with E-state index in [9.17, 15) is 14.0 Å². The number of carbonyl (C=O) groups is 2. The number of benzene rings is 3. The van der Waals surface area contributed by atoms with Gasteiger partial charge in [-0.2, -0.15) is 0 Å². The van der Waals surface area contributed by atoms with E-state index >= 15 is 0 Å². The molecule has 0 radical (unpaired) electrons. The first kappa shape index (κ1) is 20.3. The molecule has 0 saturated heterocycles. The Kier molecular flexibility index (Phi) is 5.29. The molecule has 6 heteroatoms. The molecule has 1 N–H and O–H groups in total. The molecule has 5 nitrogen and oxygen atoms in total. The molecule has 0 atom stereocenters. The molecule has 31 heavy (non-hydrogen) atoms. The second kappa shape index (κ2) is 8.07. The van der Waals surface area contributed by atoms with Crippen molar-refractivity contribution in [2.45, 2.75) is 13.8 Å². The number of imide groups is 1. The van der Waals surface area contributed by atoms with Gasteiger partial charge < -0.3 is 10.1 Å². The maximum atomic E-state index is 13.8. The fourth-order valence-corrected chi connectivity index (χ4v) is 3.48. The Bertz CT molecular complexity index is 1220. The van der Waals surface area contributed by atoms with E-state index in [1.165, 1.54) is 24.3 Å². The minimum atomic E-state index is -0.542. The number of ether oxygens (including phenoxy) is 1. The Hall–Kier alpha value is -3.93. The Morgan fingerprint density at radius 3 is 2.26 bits per heavy atom. The molecule has 0 aliphatic carbocycles. The van der Waals surface area contributed by atoms with Gasteiger partial charge in [0.25, 0.3) is 11.8 Å². The van der Waals surface area contributed by atoms with Crippen molar-refractivity contribution in [2.24, 2.45) is 0 Å². The van der Waals surface area contributed by atoms with E-state index in [1.807, 2.05) is 32.0 Å². The standard InChI is InChI=1S/C25H21FN2O3/c1-15-7-8-17(13-16(15)2)22-23(27-19-9-11-21(31-3)12-10-19)25(30)28(24(22)29)20-6-4-5-18(26)14-20/h4-14,27H,1-3H3. The molecule has 0 aromatic heterocycles. The number of carbonyl (C=O) groups excluding carboxylic acids is 2. The Labute approximate surface area is 179 Å². The van der Waals surface area contributed by atoms with Crippen LogP contribution in [0.15, 0.2) is 72.4 Å². The summed E-state index contributed by atoms with van der Waals surface area (Å²) in [7, 11) is 1.57. The van der Waals surface area contributed by atoms with Crippen LogP contribution in [0.5, 0.6) is 5.75 Å². The monoisotopic (exact) mass is 416 g/mol. The van der Waals surface area contributed by atoms with Gasteiger partial charge in [0.2, 0.25) is 0 Å². The number of hydrogen-bond acceptors (Lipinski definition) is 4. The van der Waals surface area contributed by atoms with Crippen molar-refractivity contribution in [1.82, 2.24) is 0 Å². The number of rotatable bonds is 5. The normalized spacial score (nSPS) is 13.7. The van der Waals surface area contributed by atoms with Gasteiger partial charge >= 0.3 is 0 Å². The van der Waals surface area contributed by atoms with Crippen molar-refractivity contribution in [3.8, 4) is 5.75 Å². The van der Waals surface area contributed by atoms with E-state index < -0.39 is 17.6 Å². The van der Waals surface area contributed by atoms with Gasteiger partial charge in [-0.15, -0.1) is 0 Å². The second-order valence-electron chi connectivity index (χ2n) is 7.33. The first-order valence-electron chi connectivity index (χ1n) is 9.76. The Balaban J connectivity index is 1.82. The smallest absolute Gasteiger partial charge is 0.282 e. The third kappa shape index (κ3) is 3.80. The van der Waals surface area contributed by atoms with Crippen LogP contribution in [0.4, 0.5) is 15.8 Å². The molecule has 1 heterocycles. The van der Waals surface area contributed by atoms with Gasteiger partial charge in [0.15, 0.2) is 0 Å². The van der Waals surface area contributed by atoms with E-state index in [1.54, 1.807) is 31.4 Å². The van der Waals surface area contributed by atoms with Crippen LogP contribution in [0.1, 0.15) is 16.7 Å². The lowest BCUT2D eigenvalue weighted by molar-refractivity contribution is -0.120. The second-order valence-corrected chi connectivity index (χ2v) is 7.33. The van der Waals surface area contributed by atoms with E-state index in [0.717, 1.165) is 16.0 Å². The number of nitrogens with one attached hydrogen (secondary N) is 1. The highest BCUT2D eigenvalue weighted by atomic mass is 19.1. The number of hydrogen-bond donors (Lipinski definition) is 1. The van der Waals surface area contributed by atoms with Crippen LogP contribution in [0.3, 0.4) is 0 Å². The molecule has 1 aliphatic heterocycles. The predicted molar refractivity (Wildman–Crippen MR) is 118 cm³/mol. The number of halogens is 1. The predicted octanol–water partition coefficient (Wildman–Crippen LogP) is 4.85. The molecular weight excluding hydrogens is 395 g/mol. The molecule has 0 saturated carbocycles. The van der Waals surface area contributed by atoms with Crippen LogP contribution in [0, 0.1) is 19.7 Å². The first-order chi connectivity index (χ1) is 14.9. The van der Waals surface area contributed by atoms with Gasteiger partial charge in [-0.05, 0) is 73.0 Å². The summed E-state index contributed by atoms with van der Waals surface area (Å²) in [6.45, 7) is 3.92. The van der Waals surface area contributed by atoms with Crippen LogP contribution < -0.4 is 15.0 Å². The largest absolute Gasteiger partial charge is 0.497 e. The lowest BCUT2D eigenvalue weighted by atomic mass is 9.99. The fraction of sp³-hybridized carbons (Fsp3) is 0.120. The molecule has 4 rings (SSSR count). The minimum absolute atomic E-state index is 0.141. The molecule has 3 aromatic rings. The van der Waals surface area contributed by atoms with Gasteiger partial charge in [0, 0.05) is 5.69 Å². The summed E-state index contributed by atoms with van der Waals surface area (Å²) >= 11 is 0. The van der Waals surface area contributed by atoms with Gasteiger partial charge in [-0.25, -0.2) is 9.29 Å². The van der Waals surface area contributed by atoms with Gasteiger partial charge in [0.05, 0.1) is 18.4 Å². The molecule has 3 aromatic carbocycles. The Morgan fingerprint density at radius 2 is 1.61 bits per heavy atom. The van der Waals surface area contributed by atoms with Gasteiger partial charge in [0.1, 0.15) is 17.3 Å². The lowest BCUT2D eigenvalue weighted by Gasteiger charge is -2.15. The topological polar surface area (TPSA) is 58.6 Å². The number of methoxy groups -OCH3 is 1. The minimum Gasteiger partial charge on any atom is -0.497 e. The SMILES string of the molecule is COc1ccc(NC2=C(c3ccc(C)c(C)c3)C(=O)N(c3cccc(F)c3)C2=O)cc1. The first-order valence-corrected chi connectivity index (χ1v) is 9.76. The van der Waals surface area contributed by atoms with Gasteiger partial charge in [-0.3, -0.25) is 9.59 Å². The van der Waals surface area contributed by atoms with Crippen molar-refractivity contribution in [2.75, 3.05) is 17.3 Å². The summed E-state index contributed by atoms with van der Waals surface area (Å²) in [6.07, 6.45) is 0. The van der Waals surface area contributed by atoms with Crippen LogP contribution in [-0.2, 0) is 9.59 Å². The zero-order valence-corrected chi connectivity index (χ0v) is 17.4. The molecule has 156 valence electrons. The van der Waals surface area contributed by atoms with Crippen LogP contribution in [0.2, 0.25) is 0 Å². The summed E-state index contributed by atoms with van der Waals surface area (Å²) in [5.74, 6) is -0.902. The average Bonchev–Trinajstić information content (AvgIpc) is 3.00. The molecule has 0 spiro atoms. The van der Waals surface area contributed by atoms with E-state index in [-0.39, 0.29) is 17.0 Å². The summed E-state index contributed by atoms with van der Waals surface area (Å²) in [6, 6.07) is 18.1. The molecule has 0 unspecified atom stereocenters. The van der Waals surface area contributed by atoms with Gasteiger partial charge in [-0.1, -0.05) is 24.3 Å². The average molecular weight is 416 g/mol. The molecule has 0 fully saturated rings. The van der Waals surface area contributed by atoms with E-state index in [4.69, 9.17) is 4.74 Å². The van der Waals surface area contributed by atoms with Crippen molar-refractivity contribution >= 4 is 28.8 Å².